The van der Waals surface area contributed by atoms with Gasteiger partial charge in [0.1, 0.15) is 11.6 Å². The van der Waals surface area contributed by atoms with Crippen molar-refractivity contribution in [3.8, 4) is 0 Å². The van der Waals surface area contributed by atoms with Gasteiger partial charge in [0.15, 0.2) is 0 Å². The lowest BCUT2D eigenvalue weighted by atomic mass is 9.53. The Morgan fingerprint density at radius 3 is 2.24 bits per heavy atom. The van der Waals surface area contributed by atoms with Crippen LogP contribution in [0.3, 0.4) is 0 Å². The number of pyridine rings is 1. The van der Waals surface area contributed by atoms with E-state index < -0.39 is 0 Å². The van der Waals surface area contributed by atoms with Gasteiger partial charge in [-0.15, -0.1) is 0 Å². The van der Waals surface area contributed by atoms with Crippen LogP contribution in [0.25, 0.3) is 0 Å². The zero-order valence-corrected chi connectivity index (χ0v) is 19.6. The number of fused-ring (bicyclic) bond motifs is 3. The molecule has 3 aliphatic carbocycles. The van der Waals surface area contributed by atoms with Crippen LogP contribution in [0, 0.1) is 0 Å². The summed E-state index contributed by atoms with van der Waals surface area (Å²) in [6, 6.07) is 22.8. The van der Waals surface area contributed by atoms with Crippen LogP contribution in [0.1, 0.15) is 61.1 Å². The first-order chi connectivity index (χ1) is 16.4. The quantitative estimate of drug-likeness (QED) is 0.366. The predicted molar refractivity (Wildman–Crippen MR) is 138 cm³/mol. The van der Waals surface area contributed by atoms with E-state index in [4.69, 9.17) is 17.2 Å². The number of nitrogens with one attached hydrogen (secondary N) is 1. The minimum absolute atomic E-state index is 0.0149. The van der Waals surface area contributed by atoms with Crippen molar-refractivity contribution in [2.24, 2.45) is 0 Å². The molecule has 6 nitrogen and oxygen atoms in total. The maximum atomic E-state index is 11.2. The first kappa shape index (κ1) is 22.7. The van der Waals surface area contributed by atoms with Gasteiger partial charge in [0, 0.05) is 16.9 Å². The van der Waals surface area contributed by atoms with Gasteiger partial charge in [-0.2, -0.15) is 0 Å². The van der Waals surface area contributed by atoms with Gasteiger partial charge in [-0.05, 0) is 67.8 Å². The highest BCUT2D eigenvalue weighted by Gasteiger charge is 2.54. The molecule has 34 heavy (non-hydrogen) atoms. The average molecular weight is 458 g/mol. The lowest BCUT2D eigenvalue weighted by Gasteiger charge is -2.57. The first-order valence-electron chi connectivity index (χ1n) is 12.3. The number of aliphatic hydroxyl groups excluding tert-OH is 1. The molecule has 0 saturated heterocycles. The zero-order valence-electron chi connectivity index (χ0n) is 19.6. The molecule has 1 aromatic heterocycles. The molecule has 0 aliphatic heterocycles. The summed E-state index contributed by atoms with van der Waals surface area (Å²) in [6.07, 6.45) is 5.48. The Morgan fingerprint density at radius 2 is 1.59 bits per heavy atom. The third kappa shape index (κ3) is 4.01. The van der Waals surface area contributed by atoms with E-state index in [2.05, 4.69) is 46.7 Å². The Morgan fingerprint density at radius 1 is 0.941 bits per heavy atom. The maximum absolute atomic E-state index is 11.2. The molecule has 8 N–H and O–H groups in total. The summed E-state index contributed by atoms with van der Waals surface area (Å²) in [5.41, 5.74) is 22.2. The second-order valence-corrected chi connectivity index (χ2v) is 10.1. The first-order valence-corrected chi connectivity index (χ1v) is 12.3. The molecule has 3 fully saturated rings. The monoisotopic (exact) mass is 457 g/mol. The number of nitrogens with two attached hydrogens (primary N) is 3. The lowest BCUT2D eigenvalue weighted by Crippen LogP contribution is -2.62. The van der Waals surface area contributed by atoms with Gasteiger partial charge in [-0.25, -0.2) is 4.98 Å². The standard InChI is InChI=1S/C28H35N5O/c29-24-17-22(25(30)26(31)33-24)21(19-7-3-1-4-8-19)11-16-32-27-12-14-28(15-13-27,23(34)18-27)20-9-5-2-6-10-20/h1-10,17,21,23,32,34H,11-16,18,30H2,(H4,29,31,33). The number of anilines is 3. The minimum atomic E-state index is -0.328. The summed E-state index contributed by atoms with van der Waals surface area (Å²) >= 11 is 0. The Kier molecular flexibility index (Phi) is 5.96. The molecule has 2 unspecified atom stereocenters. The highest BCUT2D eigenvalue weighted by Crippen LogP contribution is 2.53. The van der Waals surface area contributed by atoms with Crippen LogP contribution in [0.2, 0.25) is 0 Å². The van der Waals surface area contributed by atoms with E-state index in [9.17, 15) is 5.11 Å². The van der Waals surface area contributed by atoms with E-state index in [1.165, 1.54) is 11.1 Å². The largest absolute Gasteiger partial charge is 0.396 e. The van der Waals surface area contributed by atoms with E-state index in [-0.39, 0.29) is 28.8 Å². The van der Waals surface area contributed by atoms with Gasteiger partial charge in [0.25, 0.3) is 0 Å². The van der Waals surface area contributed by atoms with Crippen molar-refractivity contribution in [1.29, 1.82) is 0 Å². The number of aromatic nitrogens is 1. The number of rotatable bonds is 7. The fourth-order valence-electron chi connectivity index (χ4n) is 6.35. The maximum Gasteiger partial charge on any atom is 0.149 e. The summed E-state index contributed by atoms with van der Waals surface area (Å²) in [5.74, 6) is 0.717. The highest BCUT2D eigenvalue weighted by molar-refractivity contribution is 5.68. The fraction of sp³-hybridized carbons (Fsp3) is 0.393. The van der Waals surface area contributed by atoms with Crippen LogP contribution in [0.5, 0.6) is 0 Å². The molecule has 2 bridgehead atoms. The number of benzene rings is 2. The van der Waals surface area contributed by atoms with E-state index in [1.54, 1.807) is 0 Å². The van der Waals surface area contributed by atoms with Crippen LogP contribution in [-0.2, 0) is 5.41 Å². The molecule has 1 heterocycles. The van der Waals surface area contributed by atoms with E-state index in [0.29, 0.717) is 11.5 Å². The average Bonchev–Trinajstić information content (AvgIpc) is 2.86. The van der Waals surface area contributed by atoms with Gasteiger partial charge >= 0.3 is 0 Å². The Labute approximate surface area is 201 Å². The summed E-state index contributed by atoms with van der Waals surface area (Å²) in [6.45, 7) is 0.812. The molecule has 0 spiro atoms. The minimum Gasteiger partial charge on any atom is -0.396 e. The van der Waals surface area contributed by atoms with Crippen LogP contribution in [0.15, 0.2) is 66.7 Å². The fourth-order valence-corrected chi connectivity index (χ4v) is 6.35. The second kappa shape index (κ2) is 8.93. The third-order valence-electron chi connectivity index (χ3n) is 8.32. The van der Waals surface area contributed by atoms with Gasteiger partial charge in [0.05, 0.1) is 11.8 Å². The molecule has 2 atom stereocenters. The smallest absolute Gasteiger partial charge is 0.149 e. The summed E-state index contributed by atoms with van der Waals surface area (Å²) in [5, 5.41) is 15.1. The van der Waals surface area contributed by atoms with Crippen molar-refractivity contribution < 1.29 is 5.11 Å². The number of nitrogen functional groups attached to an aromatic ring is 3. The number of hydrogen-bond donors (Lipinski definition) is 5. The van der Waals surface area contributed by atoms with Crippen molar-refractivity contribution in [3.05, 3.63) is 83.4 Å². The molecular formula is C28H35N5O. The van der Waals surface area contributed by atoms with Crippen molar-refractivity contribution in [3.63, 3.8) is 0 Å². The molecule has 6 heteroatoms. The van der Waals surface area contributed by atoms with E-state index >= 15 is 0 Å². The molecule has 3 aliphatic rings. The van der Waals surface area contributed by atoms with Crippen molar-refractivity contribution in [1.82, 2.24) is 10.3 Å². The molecule has 3 saturated carbocycles. The van der Waals surface area contributed by atoms with E-state index in [1.807, 2.05) is 30.3 Å². The van der Waals surface area contributed by atoms with Gasteiger partial charge in [0.2, 0.25) is 0 Å². The van der Waals surface area contributed by atoms with Crippen LogP contribution < -0.4 is 22.5 Å². The molecule has 3 aromatic rings. The predicted octanol–water partition coefficient (Wildman–Crippen LogP) is 3.96. The SMILES string of the molecule is Nc1cc(C(CCNC23CCC(c4ccccc4)(CC2)C(O)C3)c2ccccc2)c(N)c(N)n1. The molecule has 0 amide bonds. The van der Waals surface area contributed by atoms with Crippen molar-refractivity contribution >= 4 is 17.3 Å². The van der Waals surface area contributed by atoms with Gasteiger partial charge in [-0.1, -0.05) is 60.7 Å². The van der Waals surface area contributed by atoms with E-state index in [0.717, 1.165) is 50.6 Å². The topological polar surface area (TPSA) is 123 Å². The normalized spacial score (nSPS) is 26.9. The third-order valence-corrected chi connectivity index (χ3v) is 8.32. The van der Waals surface area contributed by atoms with Crippen LogP contribution >= 0.6 is 0 Å². The molecular weight excluding hydrogens is 422 g/mol. The zero-order chi connectivity index (χ0) is 23.8. The highest BCUT2D eigenvalue weighted by atomic mass is 16.3. The van der Waals surface area contributed by atoms with Crippen molar-refractivity contribution in [2.75, 3.05) is 23.7 Å². The Hall–Kier alpha value is -3.09. The Balaban J connectivity index is 1.32. The van der Waals surface area contributed by atoms with Crippen molar-refractivity contribution in [2.45, 2.75) is 61.5 Å². The summed E-state index contributed by atoms with van der Waals surface area (Å²) in [7, 11) is 0. The number of nitrogens with zero attached hydrogens (tertiary/aromatic N) is 1. The number of hydrogen-bond acceptors (Lipinski definition) is 6. The summed E-state index contributed by atoms with van der Waals surface area (Å²) in [4.78, 5) is 4.12. The molecule has 2 aromatic carbocycles. The molecule has 6 rings (SSSR count). The van der Waals surface area contributed by atoms with Crippen LogP contribution in [-0.4, -0.2) is 28.3 Å². The Bertz CT molecular complexity index is 1130. The molecule has 178 valence electrons. The van der Waals surface area contributed by atoms with Crippen LogP contribution in [0.4, 0.5) is 17.3 Å². The summed E-state index contributed by atoms with van der Waals surface area (Å²) < 4.78 is 0. The van der Waals surface area contributed by atoms with Gasteiger partial charge < -0.3 is 27.6 Å². The van der Waals surface area contributed by atoms with Gasteiger partial charge in [-0.3, -0.25) is 0 Å². The lowest BCUT2D eigenvalue weighted by molar-refractivity contribution is -0.0496. The number of aliphatic hydroxyl groups is 1. The second-order valence-electron chi connectivity index (χ2n) is 10.1. The molecule has 0 radical (unpaired) electrons.